The summed E-state index contributed by atoms with van der Waals surface area (Å²) in [6, 6.07) is 21.7. The molecule has 0 aliphatic carbocycles. The largest absolute Gasteiger partial charge is 0.507 e. The van der Waals surface area contributed by atoms with E-state index in [0.29, 0.717) is 22.4 Å². The quantitative estimate of drug-likeness (QED) is 0.561. The molecule has 0 fully saturated rings. The molecule has 1 N–H and O–H groups in total. The summed E-state index contributed by atoms with van der Waals surface area (Å²) in [6.07, 6.45) is 1.57. The predicted octanol–water partition coefficient (Wildman–Crippen LogP) is 4.68. The summed E-state index contributed by atoms with van der Waals surface area (Å²) in [5, 5.41) is 9.83. The van der Waals surface area contributed by atoms with Crippen molar-refractivity contribution < 1.29 is 9.90 Å². The van der Waals surface area contributed by atoms with Crippen molar-refractivity contribution >= 4 is 17.7 Å². The van der Waals surface area contributed by atoms with Gasteiger partial charge in [-0.15, -0.1) is 0 Å². The number of rotatable bonds is 4. The molecule has 0 bridgehead atoms. The Labute approximate surface area is 140 Å². The third-order valence-corrected chi connectivity index (χ3v) is 3.71. The number of nitrogens with zero attached hydrogens (tertiary/aromatic N) is 1. The molecule has 0 saturated heterocycles. The molecule has 0 unspecified atom stereocenters. The monoisotopic (exact) mass is 315 g/mol. The van der Waals surface area contributed by atoms with Crippen LogP contribution in [0.5, 0.6) is 5.75 Å². The van der Waals surface area contributed by atoms with Crippen molar-refractivity contribution in [3.8, 4) is 5.75 Å². The second-order valence-corrected chi connectivity index (χ2v) is 5.53. The van der Waals surface area contributed by atoms with Crippen LogP contribution in [0.25, 0.3) is 0 Å². The number of carbonyl (C=O) groups excluding carboxylic acids is 1. The number of phenols is 1. The lowest BCUT2D eigenvalue weighted by Crippen LogP contribution is -2.02. The smallest absolute Gasteiger partial charge is 0.195 e. The molecule has 0 radical (unpaired) electrons. The van der Waals surface area contributed by atoms with E-state index in [4.69, 9.17) is 0 Å². The molecule has 3 aromatic rings. The van der Waals surface area contributed by atoms with Gasteiger partial charge in [0.05, 0.1) is 5.69 Å². The summed E-state index contributed by atoms with van der Waals surface area (Å²) < 4.78 is 0. The maximum absolute atomic E-state index is 12.8. The van der Waals surface area contributed by atoms with Crippen LogP contribution in [0.1, 0.15) is 27.0 Å². The van der Waals surface area contributed by atoms with E-state index in [1.165, 1.54) is 0 Å². The molecule has 3 aromatic carbocycles. The lowest BCUT2D eigenvalue weighted by atomic mass is 10.00. The first kappa shape index (κ1) is 15.7. The van der Waals surface area contributed by atoms with Crippen molar-refractivity contribution in [2.75, 3.05) is 0 Å². The molecule has 3 heteroatoms. The van der Waals surface area contributed by atoms with E-state index in [1.807, 2.05) is 49.4 Å². The Morgan fingerprint density at radius 3 is 2.42 bits per heavy atom. The summed E-state index contributed by atoms with van der Waals surface area (Å²) in [5.74, 6) is 0.0908. The Morgan fingerprint density at radius 2 is 1.67 bits per heavy atom. The van der Waals surface area contributed by atoms with Crippen LogP contribution < -0.4 is 0 Å². The van der Waals surface area contributed by atoms with E-state index in [2.05, 4.69) is 4.99 Å². The molecule has 0 atom stereocenters. The zero-order valence-corrected chi connectivity index (χ0v) is 13.3. The van der Waals surface area contributed by atoms with E-state index in [1.54, 1.807) is 36.5 Å². The normalized spacial score (nSPS) is 10.9. The average Bonchev–Trinajstić information content (AvgIpc) is 2.62. The summed E-state index contributed by atoms with van der Waals surface area (Å²) in [5.41, 5.74) is 3.36. The number of carbonyl (C=O) groups is 1. The van der Waals surface area contributed by atoms with E-state index >= 15 is 0 Å². The number of benzene rings is 3. The first-order valence-electron chi connectivity index (χ1n) is 7.67. The van der Waals surface area contributed by atoms with Crippen molar-refractivity contribution in [2.24, 2.45) is 4.99 Å². The van der Waals surface area contributed by atoms with Gasteiger partial charge in [0.15, 0.2) is 5.78 Å². The summed E-state index contributed by atoms with van der Waals surface area (Å²) in [7, 11) is 0. The van der Waals surface area contributed by atoms with Gasteiger partial charge in [-0.3, -0.25) is 9.79 Å². The fourth-order valence-electron chi connectivity index (χ4n) is 2.43. The Hall–Kier alpha value is -3.20. The first-order chi connectivity index (χ1) is 11.6. The zero-order valence-electron chi connectivity index (χ0n) is 13.3. The lowest BCUT2D eigenvalue weighted by Gasteiger charge is -2.07. The maximum atomic E-state index is 12.8. The lowest BCUT2D eigenvalue weighted by molar-refractivity contribution is 0.103. The minimum absolute atomic E-state index is 0.0660. The van der Waals surface area contributed by atoms with Gasteiger partial charge in [0.1, 0.15) is 5.75 Å². The highest BCUT2D eigenvalue weighted by Crippen LogP contribution is 2.24. The van der Waals surface area contributed by atoms with Crippen LogP contribution in [-0.2, 0) is 0 Å². The van der Waals surface area contributed by atoms with Gasteiger partial charge in [-0.05, 0) is 31.2 Å². The highest BCUT2D eigenvalue weighted by molar-refractivity contribution is 6.12. The highest BCUT2D eigenvalue weighted by Gasteiger charge is 2.13. The second kappa shape index (κ2) is 6.92. The molecule has 24 heavy (non-hydrogen) atoms. The van der Waals surface area contributed by atoms with Gasteiger partial charge < -0.3 is 5.11 Å². The number of aromatic hydroxyl groups is 1. The minimum Gasteiger partial charge on any atom is -0.507 e. The fourth-order valence-corrected chi connectivity index (χ4v) is 2.43. The van der Waals surface area contributed by atoms with Crippen molar-refractivity contribution in [3.63, 3.8) is 0 Å². The third-order valence-electron chi connectivity index (χ3n) is 3.71. The van der Waals surface area contributed by atoms with Crippen LogP contribution in [0.15, 0.2) is 77.8 Å². The number of phenolic OH excluding ortho intramolecular Hbond substituents is 1. The molecule has 0 amide bonds. The topological polar surface area (TPSA) is 49.7 Å². The van der Waals surface area contributed by atoms with Gasteiger partial charge in [-0.25, -0.2) is 0 Å². The van der Waals surface area contributed by atoms with Crippen LogP contribution in [0.4, 0.5) is 5.69 Å². The third kappa shape index (κ3) is 3.41. The number of ketones is 1. The molecular weight excluding hydrogens is 298 g/mol. The number of para-hydroxylation sites is 1. The van der Waals surface area contributed by atoms with E-state index in [-0.39, 0.29) is 11.5 Å². The van der Waals surface area contributed by atoms with Gasteiger partial charge >= 0.3 is 0 Å². The van der Waals surface area contributed by atoms with Crippen molar-refractivity contribution in [2.45, 2.75) is 6.92 Å². The van der Waals surface area contributed by atoms with Gasteiger partial charge in [-0.2, -0.15) is 0 Å². The van der Waals surface area contributed by atoms with E-state index in [9.17, 15) is 9.90 Å². The van der Waals surface area contributed by atoms with Crippen LogP contribution >= 0.6 is 0 Å². The van der Waals surface area contributed by atoms with Crippen molar-refractivity contribution in [1.82, 2.24) is 0 Å². The van der Waals surface area contributed by atoms with Crippen LogP contribution in [0, 0.1) is 6.92 Å². The molecule has 0 heterocycles. The van der Waals surface area contributed by atoms with Gasteiger partial charge in [0, 0.05) is 22.9 Å². The van der Waals surface area contributed by atoms with Gasteiger partial charge in [-0.1, -0.05) is 54.1 Å². The Bertz CT molecular complexity index is 899. The Kier molecular flexibility index (Phi) is 4.52. The SMILES string of the molecule is Cc1ccc(N=Cc2ccccc2O)c(C(=O)c2ccccc2)c1. The first-order valence-corrected chi connectivity index (χ1v) is 7.67. The Balaban J connectivity index is 2.00. The second-order valence-electron chi connectivity index (χ2n) is 5.53. The van der Waals surface area contributed by atoms with E-state index < -0.39 is 0 Å². The number of hydrogen-bond donors (Lipinski definition) is 1. The maximum Gasteiger partial charge on any atom is 0.195 e. The van der Waals surface area contributed by atoms with Crippen LogP contribution in [0.2, 0.25) is 0 Å². The molecule has 3 nitrogen and oxygen atoms in total. The predicted molar refractivity (Wildman–Crippen MR) is 96.4 cm³/mol. The molecule has 0 spiro atoms. The molecule has 0 aliphatic heterocycles. The molecule has 118 valence electrons. The minimum atomic E-state index is -0.0660. The zero-order chi connectivity index (χ0) is 16.9. The molecule has 0 aromatic heterocycles. The molecule has 0 saturated carbocycles. The molecular formula is C21H17NO2. The van der Waals surface area contributed by atoms with Crippen molar-refractivity contribution in [3.05, 3.63) is 95.1 Å². The average molecular weight is 315 g/mol. The van der Waals surface area contributed by atoms with E-state index in [0.717, 1.165) is 5.56 Å². The summed E-state index contributed by atoms with van der Waals surface area (Å²) >= 11 is 0. The molecule has 0 aliphatic rings. The van der Waals surface area contributed by atoms with Gasteiger partial charge in [0.25, 0.3) is 0 Å². The van der Waals surface area contributed by atoms with Crippen molar-refractivity contribution in [1.29, 1.82) is 0 Å². The molecule has 3 rings (SSSR count). The summed E-state index contributed by atoms with van der Waals surface area (Å²) in [6.45, 7) is 1.94. The van der Waals surface area contributed by atoms with Crippen LogP contribution in [-0.4, -0.2) is 17.1 Å². The fraction of sp³-hybridized carbons (Fsp3) is 0.0476. The number of aryl methyl sites for hydroxylation is 1. The number of hydrogen-bond acceptors (Lipinski definition) is 3. The standard InChI is InChI=1S/C21H17NO2/c1-15-11-12-19(22-14-17-9-5-6-10-20(17)23)18(13-15)21(24)16-7-3-2-4-8-16/h2-14,23H,1H3. The van der Waals surface area contributed by atoms with Gasteiger partial charge in [0.2, 0.25) is 0 Å². The highest BCUT2D eigenvalue weighted by atomic mass is 16.3. The van der Waals surface area contributed by atoms with Crippen LogP contribution in [0.3, 0.4) is 0 Å². The summed E-state index contributed by atoms with van der Waals surface area (Å²) in [4.78, 5) is 17.2. The Morgan fingerprint density at radius 1 is 0.958 bits per heavy atom. The number of aliphatic imine (C=N–C) groups is 1.